The van der Waals surface area contributed by atoms with E-state index in [1.165, 1.54) is 5.56 Å². The molecule has 2 aromatic rings. The van der Waals surface area contributed by atoms with Gasteiger partial charge in [-0.05, 0) is 25.5 Å². The molecular formula is C18H23NO3. The molecular weight excluding hydrogens is 278 g/mol. The Kier molecular flexibility index (Phi) is 4.69. The number of aromatic nitrogens is 1. The van der Waals surface area contributed by atoms with Gasteiger partial charge < -0.3 is 9.30 Å². The van der Waals surface area contributed by atoms with Crippen molar-refractivity contribution in [3.05, 3.63) is 45.7 Å². The number of hydrogen-bond acceptors (Lipinski definition) is 3. The Morgan fingerprint density at radius 3 is 2.59 bits per heavy atom. The van der Waals surface area contributed by atoms with Gasteiger partial charge in [0.05, 0.1) is 12.1 Å². The first-order valence-corrected chi connectivity index (χ1v) is 7.91. The van der Waals surface area contributed by atoms with Crippen LogP contribution in [0.25, 0.3) is 10.9 Å². The molecule has 0 amide bonds. The van der Waals surface area contributed by atoms with E-state index >= 15 is 0 Å². The normalized spacial score (nSPS) is 18.8. The maximum Gasteiger partial charge on any atom is 0.343 e. The van der Waals surface area contributed by atoms with Gasteiger partial charge in [0.15, 0.2) is 0 Å². The van der Waals surface area contributed by atoms with Gasteiger partial charge in [-0.25, -0.2) is 4.79 Å². The van der Waals surface area contributed by atoms with Crippen molar-refractivity contribution < 1.29 is 9.53 Å². The molecule has 2 unspecified atom stereocenters. The summed E-state index contributed by atoms with van der Waals surface area (Å²) in [5.41, 5.74) is 2.00. The van der Waals surface area contributed by atoms with Crippen LogP contribution < -0.4 is 5.43 Å². The van der Waals surface area contributed by atoms with Crippen LogP contribution in [0, 0.1) is 0 Å². The van der Waals surface area contributed by atoms with Crippen LogP contribution in [0.15, 0.2) is 29.2 Å². The van der Waals surface area contributed by atoms with Gasteiger partial charge in [-0.3, -0.25) is 4.79 Å². The fourth-order valence-corrected chi connectivity index (χ4v) is 2.98. The maximum atomic E-state index is 12.5. The molecule has 2 atom stereocenters. The van der Waals surface area contributed by atoms with E-state index in [-0.39, 0.29) is 23.6 Å². The molecule has 0 bridgehead atoms. The summed E-state index contributed by atoms with van der Waals surface area (Å²) in [5, 5.41) is 0.601. The van der Waals surface area contributed by atoms with Crippen LogP contribution in [-0.4, -0.2) is 17.1 Å². The lowest BCUT2D eigenvalue weighted by Gasteiger charge is -2.14. The van der Waals surface area contributed by atoms with Gasteiger partial charge in [0.2, 0.25) is 5.43 Å². The van der Waals surface area contributed by atoms with Crippen LogP contribution in [0.2, 0.25) is 0 Å². The molecule has 0 aliphatic carbocycles. The Morgan fingerprint density at radius 1 is 1.27 bits per heavy atom. The summed E-state index contributed by atoms with van der Waals surface area (Å²) >= 11 is 0. The largest absolute Gasteiger partial charge is 0.462 e. The third-order valence-corrected chi connectivity index (χ3v) is 4.23. The zero-order valence-corrected chi connectivity index (χ0v) is 13.8. The van der Waals surface area contributed by atoms with Gasteiger partial charge in [0, 0.05) is 23.5 Å². The van der Waals surface area contributed by atoms with Gasteiger partial charge in [0.25, 0.3) is 0 Å². The van der Waals surface area contributed by atoms with E-state index in [1.54, 1.807) is 19.2 Å². The highest BCUT2D eigenvalue weighted by atomic mass is 16.5. The molecule has 0 radical (unpaired) electrons. The summed E-state index contributed by atoms with van der Waals surface area (Å²) in [5.74, 6) is -0.212. The molecule has 118 valence electrons. The Balaban J connectivity index is 0.000000847. The Bertz CT molecular complexity index is 761. The first-order valence-electron chi connectivity index (χ1n) is 7.91. The maximum absolute atomic E-state index is 12.5. The number of benzene rings is 1. The SMILES string of the molecule is CC.CCOC(=O)c1cn2c3c(cccc3c1=O)C(C)C2C. The molecule has 0 spiro atoms. The van der Waals surface area contributed by atoms with Crippen LogP contribution in [-0.2, 0) is 4.74 Å². The summed E-state index contributed by atoms with van der Waals surface area (Å²) in [6.07, 6.45) is 1.65. The number of nitrogens with zero attached hydrogens (tertiary/aromatic N) is 1. The summed E-state index contributed by atoms with van der Waals surface area (Å²) < 4.78 is 7.01. The lowest BCUT2D eigenvalue weighted by Crippen LogP contribution is -2.20. The molecule has 4 nitrogen and oxygen atoms in total. The van der Waals surface area contributed by atoms with E-state index in [0.717, 1.165) is 5.52 Å². The molecule has 22 heavy (non-hydrogen) atoms. The Hall–Kier alpha value is -2.10. The van der Waals surface area contributed by atoms with Crippen LogP contribution in [0.1, 0.15) is 62.5 Å². The standard InChI is InChI=1S/C16H17NO3.C2H6/c1-4-20-16(19)13-8-17-10(3)9(2)11-6-5-7-12(14(11)17)15(13)18;1-2/h5-10H,4H2,1-3H3;1-2H3. The molecule has 3 rings (SSSR count). The third kappa shape index (κ3) is 2.32. The topological polar surface area (TPSA) is 48.3 Å². The fourth-order valence-electron chi connectivity index (χ4n) is 2.98. The number of carbonyl (C=O) groups is 1. The van der Waals surface area contributed by atoms with E-state index < -0.39 is 5.97 Å². The number of para-hydroxylation sites is 1. The van der Waals surface area contributed by atoms with Crippen molar-refractivity contribution in [1.82, 2.24) is 4.57 Å². The zero-order valence-electron chi connectivity index (χ0n) is 13.8. The van der Waals surface area contributed by atoms with Gasteiger partial charge >= 0.3 is 5.97 Å². The summed E-state index contributed by atoms with van der Waals surface area (Å²) in [7, 11) is 0. The van der Waals surface area contributed by atoms with Crippen molar-refractivity contribution in [2.45, 2.75) is 46.6 Å². The lowest BCUT2D eigenvalue weighted by atomic mass is 9.97. The molecule has 1 aromatic carbocycles. The van der Waals surface area contributed by atoms with Crippen LogP contribution >= 0.6 is 0 Å². The van der Waals surface area contributed by atoms with Gasteiger partial charge in [-0.1, -0.05) is 32.9 Å². The van der Waals surface area contributed by atoms with Crippen molar-refractivity contribution in [2.75, 3.05) is 6.61 Å². The van der Waals surface area contributed by atoms with Gasteiger partial charge in [-0.15, -0.1) is 0 Å². The highest BCUT2D eigenvalue weighted by Crippen LogP contribution is 2.40. The Morgan fingerprint density at radius 2 is 1.95 bits per heavy atom. The van der Waals surface area contributed by atoms with Crippen LogP contribution in [0.3, 0.4) is 0 Å². The predicted molar refractivity (Wildman–Crippen MR) is 88.6 cm³/mol. The number of carbonyl (C=O) groups excluding carboxylic acids is 1. The molecule has 0 saturated carbocycles. The van der Waals surface area contributed by atoms with Crippen LogP contribution in [0.4, 0.5) is 0 Å². The summed E-state index contributed by atoms with van der Waals surface area (Å²) in [4.78, 5) is 24.4. The van der Waals surface area contributed by atoms with E-state index in [9.17, 15) is 9.59 Å². The molecule has 0 fully saturated rings. The van der Waals surface area contributed by atoms with E-state index in [0.29, 0.717) is 11.3 Å². The molecule has 1 aromatic heterocycles. The van der Waals surface area contributed by atoms with E-state index in [4.69, 9.17) is 4.74 Å². The van der Waals surface area contributed by atoms with Gasteiger partial charge in [-0.2, -0.15) is 0 Å². The molecule has 1 aliphatic rings. The quantitative estimate of drug-likeness (QED) is 0.791. The average molecular weight is 301 g/mol. The molecule has 2 heterocycles. The highest BCUT2D eigenvalue weighted by Gasteiger charge is 2.29. The molecule has 0 N–H and O–H groups in total. The minimum Gasteiger partial charge on any atom is -0.462 e. The van der Waals surface area contributed by atoms with Gasteiger partial charge in [0.1, 0.15) is 5.56 Å². The second-order valence-corrected chi connectivity index (χ2v) is 5.27. The van der Waals surface area contributed by atoms with Crippen LogP contribution in [0.5, 0.6) is 0 Å². The van der Waals surface area contributed by atoms with Crippen molar-refractivity contribution in [3.63, 3.8) is 0 Å². The molecule has 1 aliphatic heterocycles. The number of hydrogen-bond donors (Lipinski definition) is 0. The molecule has 0 saturated heterocycles. The number of rotatable bonds is 2. The summed E-state index contributed by atoms with van der Waals surface area (Å²) in [6.45, 7) is 10.2. The number of esters is 1. The minimum absolute atomic E-state index is 0.123. The predicted octanol–water partition coefficient (Wildman–Crippen LogP) is 3.88. The number of ether oxygens (including phenoxy) is 1. The van der Waals surface area contributed by atoms with Crippen molar-refractivity contribution >= 4 is 16.9 Å². The third-order valence-electron chi connectivity index (χ3n) is 4.23. The average Bonchev–Trinajstić information content (AvgIpc) is 2.78. The molecule has 4 heteroatoms. The minimum atomic E-state index is -0.541. The van der Waals surface area contributed by atoms with Crippen molar-refractivity contribution in [1.29, 1.82) is 0 Å². The van der Waals surface area contributed by atoms with Crippen molar-refractivity contribution in [3.8, 4) is 0 Å². The van der Waals surface area contributed by atoms with E-state index in [2.05, 4.69) is 19.9 Å². The highest BCUT2D eigenvalue weighted by molar-refractivity contribution is 5.95. The first kappa shape index (κ1) is 16.3. The fraction of sp³-hybridized carbons (Fsp3) is 0.444. The van der Waals surface area contributed by atoms with E-state index in [1.807, 2.05) is 24.5 Å². The smallest absolute Gasteiger partial charge is 0.343 e. The Labute approximate surface area is 130 Å². The first-order chi connectivity index (χ1) is 10.6. The second-order valence-electron chi connectivity index (χ2n) is 5.27. The second kappa shape index (κ2) is 6.34. The monoisotopic (exact) mass is 301 g/mol. The summed E-state index contributed by atoms with van der Waals surface area (Å²) in [6, 6.07) is 5.94. The lowest BCUT2D eigenvalue weighted by molar-refractivity contribution is 0.0524. The zero-order chi connectivity index (χ0) is 16.4. The van der Waals surface area contributed by atoms with Crippen molar-refractivity contribution in [2.24, 2.45) is 0 Å². The number of pyridine rings is 1.